The van der Waals surface area contributed by atoms with Gasteiger partial charge in [0.05, 0.1) is 51.9 Å². The molecule has 12 aromatic carbocycles. The summed E-state index contributed by atoms with van der Waals surface area (Å²) in [4.78, 5) is 0. The Morgan fingerprint density at radius 2 is 0.797 bits per heavy atom. The number of benzene rings is 12. The first-order valence-corrected chi connectivity index (χ1v) is 24.6. The Labute approximate surface area is 451 Å². The highest BCUT2D eigenvalue weighted by molar-refractivity contribution is 6.88. The lowest BCUT2D eigenvalue weighted by atomic mass is 10.0. The van der Waals surface area contributed by atoms with Crippen LogP contribution in [0.25, 0.3) is 65.0 Å². The summed E-state index contributed by atoms with van der Waals surface area (Å²) in [7, 11) is -1.46. The van der Waals surface area contributed by atoms with Gasteiger partial charge in [0.1, 0.15) is 0 Å². The summed E-state index contributed by atoms with van der Waals surface area (Å²) < 4.78 is 263. The topological polar surface area (TPSA) is 36.1 Å². The van der Waals surface area contributed by atoms with Gasteiger partial charge in [0.25, 0.3) is 0 Å². The molecule has 0 unspecified atom stereocenters. The van der Waals surface area contributed by atoms with Gasteiger partial charge in [-0.15, -0.1) is 0 Å². The van der Waals surface area contributed by atoms with Crippen molar-refractivity contribution in [3.63, 3.8) is 0 Å². The molecular weight excluding hydrogens is 851 g/mol. The van der Waals surface area contributed by atoms with E-state index in [0.29, 0.717) is 11.3 Å². The quantitative estimate of drug-likeness (QED) is 0.133. The average Bonchev–Trinajstić information content (AvgIpc) is 0.742. The maximum atomic E-state index is 8.65. The van der Waals surface area contributed by atoms with Gasteiger partial charge in [0.15, 0.2) is 0 Å². The number of nitrogens with one attached hydrogen (secondary N) is 3. The SMILES string of the molecule is [2H]c1c([2H])c(-c2ccc3ccccc3c2)c([2H])c([2H])c1Nc1c([2H])c([2H])c([2H])c2c([2H])c([2H])c([2H])c([2H])c12.[2H]c1c([2H])c([2H])c2c(Nc3c([2H])c([2H])c([2H])c4c([2H])c([2H])c([2H])c([2H])c34)c([2H])c([2H])c([2H])c2c1[2H].[2H]c1c([2H])c([2H])c2c([2H])c(Nc3ccc([Si](C)(C)C)cc3)c([2H])c([2H])c2c1[2H]. The van der Waals surface area contributed by atoms with Crippen LogP contribution in [0.2, 0.25) is 19.6 Å². The molecule has 0 aliphatic heterocycles. The Hall–Kier alpha value is -8.44. The van der Waals surface area contributed by atoms with Crippen molar-refractivity contribution in [2.45, 2.75) is 19.6 Å². The van der Waals surface area contributed by atoms with Crippen LogP contribution in [0, 0.1) is 0 Å². The monoisotopic (exact) mass is 938 g/mol. The number of rotatable bonds is 8. The first-order valence-electron chi connectivity index (χ1n) is 37.1. The first kappa shape index (κ1) is 20.8. The van der Waals surface area contributed by atoms with Gasteiger partial charge in [-0.25, -0.2) is 0 Å². The molecule has 12 rings (SSSR count). The number of hydrogen-bond donors (Lipinski definition) is 3. The van der Waals surface area contributed by atoms with Crippen LogP contribution in [-0.4, -0.2) is 8.07 Å². The normalized spacial score (nSPS) is 17.6. The Bertz CT molecular complexity index is 5410. The summed E-state index contributed by atoms with van der Waals surface area (Å²) >= 11 is 0. The third-order valence-corrected chi connectivity index (χ3v) is 12.4. The summed E-state index contributed by atoms with van der Waals surface area (Å²) in [6, 6.07) is 3.57. The zero-order valence-electron chi connectivity index (χ0n) is 68.9. The van der Waals surface area contributed by atoms with Crippen LogP contribution in [0.4, 0.5) is 34.1 Å². The van der Waals surface area contributed by atoms with E-state index in [1.165, 1.54) is 5.19 Å². The van der Waals surface area contributed by atoms with E-state index in [1.54, 1.807) is 12.1 Å². The largest absolute Gasteiger partial charge is 0.356 e. The third-order valence-electron chi connectivity index (χ3n) is 10.4. The van der Waals surface area contributed by atoms with Crippen LogP contribution < -0.4 is 21.1 Å². The maximum absolute atomic E-state index is 8.65. The average molecular weight is 938 g/mol. The van der Waals surface area contributed by atoms with Crippen LogP contribution in [0.3, 0.4) is 0 Å². The molecule has 0 aliphatic carbocycles. The summed E-state index contributed by atoms with van der Waals surface area (Å²) in [5.41, 5.74) is -0.125. The second-order valence-corrected chi connectivity index (χ2v) is 21.1. The fourth-order valence-corrected chi connectivity index (χ4v) is 8.04. The van der Waals surface area contributed by atoms with Gasteiger partial charge in [-0.2, -0.15) is 0 Å². The zero-order valence-corrected chi connectivity index (χ0v) is 37.9. The molecule has 3 nitrogen and oxygen atoms in total. The van der Waals surface area contributed by atoms with Crippen LogP contribution in [0.5, 0.6) is 0 Å². The second-order valence-electron chi connectivity index (χ2n) is 16.0. The summed E-state index contributed by atoms with van der Waals surface area (Å²) in [6.07, 6.45) is 0. The van der Waals surface area contributed by atoms with Crippen molar-refractivity contribution in [3.05, 3.63) is 260 Å². The highest BCUT2D eigenvalue weighted by atomic mass is 28.3. The van der Waals surface area contributed by atoms with Gasteiger partial charge in [0, 0.05) is 50.3 Å². The molecule has 0 atom stereocenters. The van der Waals surface area contributed by atoms with Gasteiger partial charge in [0.2, 0.25) is 0 Å². The summed E-state index contributed by atoms with van der Waals surface area (Å²) in [5, 5.41) is 9.37. The van der Waals surface area contributed by atoms with Crippen molar-refractivity contribution >= 4 is 101 Å². The third kappa shape index (κ3) is 10.6. The molecule has 12 aromatic rings. The molecule has 0 saturated carbocycles. The van der Waals surface area contributed by atoms with Crippen molar-refractivity contribution in [1.29, 1.82) is 0 Å². The molecule has 69 heavy (non-hydrogen) atoms. The van der Waals surface area contributed by atoms with Gasteiger partial charge in [-0.05, 0) is 109 Å². The molecule has 0 heterocycles. The molecule has 0 saturated heterocycles. The lowest BCUT2D eigenvalue weighted by molar-refractivity contribution is 1.57. The molecule has 0 radical (unpaired) electrons. The van der Waals surface area contributed by atoms with Crippen molar-refractivity contribution < 1.29 is 43.9 Å². The van der Waals surface area contributed by atoms with Gasteiger partial charge in [-0.3, -0.25) is 0 Å². The predicted molar refractivity (Wildman–Crippen MR) is 304 cm³/mol. The zero-order chi connectivity index (χ0) is 74.8. The van der Waals surface area contributed by atoms with E-state index in [2.05, 4.69) is 35.6 Å². The smallest absolute Gasteiger partial charge is 0.0775 e. The van der Waals surface area contributed by atoms with Gasteiger partial charge < -0.3 is 16.0 Å². The summed E-state index contributed by atoms with van der Waals surface area (Å²) in [6.45, 7) is 6.71. The van der Waals surface area contributed by atoms with E-state index in [0.717, 1.165) is 10.8 Å². The molecule has 0 aromatic heterocycles. The van der Waals surface area contributed by atoms with Gasteiger partial charge in [-0.1, -0.05) is 224 Å². The first-order chi connectivity index (χ1) is 47.1. The van der Waals surface area contributed by atoms with Crippen molar-refractivity contribution in [3.8, 4) is 11.1 Å². The molecule has 3 N–H and O–H groups in total. The Morgan fingerprint density at radius 3 is 1.36 bits per heavy atom. The minimum atomic E-state index is -1.46. The fourth-order valence-electron chi connectivity index (χ4n) is 6.87. The van der Waals surface area contributed by atoms with Crippen molar-refractivity contribution in [2.75, 3.05) is 16.0 Å². The highest BCUT2D eigenvalue weighted by Crippen LogP contribution is 2.32. The standard InChI is InChI=1S/C26H19N.C20H15N.C19H21NSi/c1-2-8-22-18-23(13-12-19(22)6-1)20-14-16-24(17-15-20)27-26-11-5-9-21-7-3-4-10-25(21)26;1-3-11-17-15(7-1)9-5-13-19(17)21-20-14-6-10-16-8-2-4-12-18(16)20;1-21(2,3)19-12-10-17(11-13-19)20-18-9-8-15-6-4-5-7-16(15)14-18/h1-18,27H;1-14,21H;4-14,20H,1-3H3/i3D,4D,5D,7D,9D,10D,11D,14D,15D,16D,17D;1D,2D,3D,4D,5D,6D,7D,8D,9D,10D,11D,12D,13D,14D;4D,5D,6D,7D,8D,9D,14D. The van der Waals surface area contributed by atoms with E-state index in [9.17, 15) is 0 Å². The molecule has 0 fully saturated rings. The highest BCUT2D eigenvalue weighted by Gasteiger charge is 2.15. The number of fused-ring (bicyclic) bond motifs is 5. The lowest BCUT2D eigenvalue weighted by Gasteiger charge is -2.17. The molecule has 0 bridgehead atoms. The second kappa shape index (κ2) is 20.2. The van der Waals surface area contributed by atoms with E-state index in [4.69, 9.17) is 43.9 Å². The molecule has 0 spiro atoms. The molecule has 334 valence electrons. The Morgan fingerprint density at radius 1 is 0.319 bits per heavy atom. The number of hydrogen-bond acceptors (Lipinski definition) is 3. The summed E-state index contributed by atoms with van der Waals surface area (Å²) in [5.74, 6) is 0. The molecule has 0 amide bonds. The minimum Gasteiger partial charge on any atom is -0.356 e. The van der Waals surface area contributed by atoms with Crippen LogP contribution in [0.1, 0.15) is 43.9 Å². The van der Waals surface area contributed by atoms with E-state index in [-0.39, 0.29) is 102 Å². The lowest BCUT2D eigenvalue weighted by Crippen LogP contribution is -2.37. The van der Waals surface area contributed by atoms with E-state index in [1.807, 2.05) is 54.6 Å². The molecule has 4 heteroatoms. The number of anilines is 6. The van der Waals surface area contributed by atoms with Crippen LogP contribution in [0.15, 0.2) is 260 Å². The van der Waals surface area contributed by atoms with E-state index >= 15 is 0 Å². The Balaban J connectivity index is 0.000000165. The fraction of sp³-hybridized carbons (Fsp3) is 0.0462. The van der Waals surface area contributed by atoms with Crippen LogP contribution >= 0.6 is 0 Å². The van der Waals surface area contributed by atoms with E-state index < -0.39 is 177 Å². The van der Waals surface area contributed by atoms with Crippen LogP contribution in [-0.2, 0) is 0 Å². The van der Waals surface area contributed by atoms with Crippen molar-refractivity contribution in [1.82, 2.24) is 0 Å². The molecular formula is C65H55N3Si. The Kier molecular flexibility index (Phi) is 6.10. The maximum Gasteiger partial charge on any atom is 0.0775 e. The molecule has 0 aliphatic rings. The van der Waals surface area contributed by atoms with Gasteiger partial charge >= 0.3 is 0 Å². The van der Waals surface area contributed by atoms with Crippen molar-refractivity contribution in [2.24, 2.45) is 0 Å². The minimum absolute atomic E-state index is 0.0479. The predicted octanol–water partition coefficient (Wildman–Crippen LogP) is 18.3.